The molecule has 13 heteroatoms. The Morgan fingerprint density at radius 2 is 1.71 bits per heavy atom. The molecule has 0 fully saturated rings. The van der Waals surface area contributed by atoms with Gasteiger partial charge in [-0.1, -0.05) is 24.3 Å². The molecule has 3 aromatic rings. The van der Waals surface area contributed by atoms with E-state index >= 15 is 0 Å². The second-order valence-electron chi connectivity index (χ2n) is 6.75. The van der Waals surface area contributed by atoms with E-state index in [1.807, 2.05) is 25.1 Å². The first kappa shape index (κ1) is 27.2. The van der Waals surface area contributed by atoms with Gasteiger partial charge in [0.15, 0.2) is 0 Å². The number of thiophene rings is 1. The molecule has 0 radical (unpaired) electrons. The molecule has 0 bridgehead atoms. The third-order valence-electron chi connectivity index (χ3n) is 4.42. The number of carboxylic acids is 1. The maximum Gasteiger partial charge on any atom is 0.490 e. The number of hydrogen-bond acceptors (Lipinski definition) is 7. The molecule has 0 aliphatic heterocycles. The largest absolute Gasteiger partial charge is 0.490 e. The summed E-state index contributed by atoms with van der Waals surface area (Å²) in [5.41, 5.74) is 14.7. The molecule has 7 nitrogen and oxygen atoms in total. The summed E-state index contributed by atoms with van der Waals surface area (Å²) >= 11 is 2.54. The number of aliphatic carboxylic acids is 1. The predicted octanol–water partition coefficient (Wildman–Crippen LogP) is 4.78. The molecule has 0 aliphatic carbocycles. The van der Waals surface area contributed by atoms with Gasteiger partial charge >= 0.3 is 12.1 Å². The van der Waals surface area contributed by atoms with Crippen molar-refractivity contribution in [2.75, 3.05) is 12.0 Å². The van der Waals surface area contributed by atoms with Gasteiger partial charge in [0.2, 0.25) is 9.84 Å². The fourth-order valence-electron chi connectivity index (χ4n) is 2.75. The van der Waals surface area contributed by atoms with Crippen molar-refractivity contribution in [3.05, 3.63) is 59.0 Å². The lowest BCUT2D eigenvalue weighted by Gasteiger charge is -2.12. The summed E-state index contributed by atoms with van der Waals surface area (Å²) in [6, 6.07) is 13.9. The number of amidine groups is 1. The first-order chi connectivity index (χ1) is 15.7. The number of para-hydroxylation sites is 1. The summed E-state index contributed by atoms with van der Waals surface area (Å²) in [5.74, 6) is -2.90. The van der Waals surface area contributed by atoms with E-state index < -0.39 is 22.0 Å². The summed E-state index contributed by atoms with van der Waals surface area (Å²) in [5, 5.41) is 14.7. The normalized spacial score (nSPS) is 11.4. The summed E-state index contributed by atoms with van der Waals surface area (Å²) in [6.45, 7) is 1.92. The third-order valence-corrected chi connectivity index (χ3v) is 8.76. The Balaban J connectivity index is 0.000000509. The molecular formula is C21H20F3N3O4S3. The number of carbonyl (C=O) groups is 1. The van der Waals surface area contributed by atoms with Crippen LogP contribution in [0.1, 0.15) is 10.4 Å². The molecule has 6 N–H and O–H groups in total. The highest BCUT2D eigenvalue weighted by atomic mass is 32.2. The van der Waals surface area contributed by atoms with Crippen molar-refractivity contribution >= 4 is 50.4 Å². The molecule has 3 rings (SSSR count). The van der Waals surface area contributed by atoms with E-state index in [1.54, 1.807) is 30.5 Å². The Morgan fingerprint density at radius 1 is 1.12 bits per heavy atom. The average molecular weight is 532 g/mol. The molecule has 2 aromatic carbocycles. The number of nitrogens with one attached hydrogen (secondary N) is 1. The van der Waals surface area contributed by atoms with Crippen molar-refractivity contribution in [2.24, 2.45) is 5.73 Å². The smallest absolute Gasteiger partial charge is 0.475 e. The summed E-state index contributed by atoms with van der Waals surface area (Å²) in [7, 11) is -3.76. The minimum Gasteiger partial charge on any atom is -0.475 e. The SMILES string of the molecule is CSc1sc(C(=N)N)cc1S(=O)(=O)c1ccc(C)c(-c2ccccc2N)c1.O=C(O)C(F)(F)F. The highest BCUT2D eigenvalue weighted by Gasteiger charge is 2.38. The van der Waals surface area contributed by atoms with Crippen molar-refractivity contribution in [1.29, 1.82) is 5.41 Å². The lowest BCUT2D eigenvalue weighted by Crippen LogP contribution is -2.21. The zero-order chi connectivity index (χ0) is 25.8. The number of thioether (sulfide) groups is 1. The molecule has 182 valence electrons. The van der Waals surface area contributed by atoms with Gasteiger partial charge < -0.3 is 16.6 Å². The molecule has 0 atom stereocenters. The van der Waals surface area contributed by atoms with Gasteiger partial charge in [-0.25, -0.2) is 13.2 Å². The molecule has 0 saturated carbocycles. The first-order valence-corrected chi connectivity index (χ1v) is 12.8. The standard InChI is InChI=1S/C19H19N3O2S3.C2HF3O2/c1-11-7-8-12(9-14(11)13-5-3-4-6-15(13)20)27(23,24)17-10-16(18(21)22)26-19(17)25-2;3-2(4,5)1(6)7/h3-10H,20H2,1-2H3,(H3,21,22);(H,6,7). The lowest BCUT2D eigenvalue weighted by atomic mass is 9.99. The summed E-state index contributed by atoms with van der Waals surface area (Å²) < 4.78 is 58.9. The van der Waals surface area contributed by atoms with Crippen molar-refractivity contribution in [3.63, 3.8) is 0 Å². The van der Waals surface area contributed by atoms with Crippen LogP contribution in [-0.2, 0) is 14.6 Å². The van der Waals surface area contributed by atoms with Crippen LogP contribution in [0.5, 0.6) is 0 Å². The highest BCUT2D eigenvalue weighted by molar-refractivity contribution is 8.01. The number of aryl methyl sites for hydroxylation is 1. The number of alkyl halides is 3. The van der Waals surface area contributed by atoms with E-state index in [4.69, 9.17) is 26.8 Å². The minimum absolute atomic E-state index is 0.140. The van der Waals surface area contributed by atoms with Crippen molar-refractivity contribution < 1.29 is 31.5 Å². The van der Waals surface area contributed by atoms with Crippen LogP contribution >= 0.6 is 23.1 Å². The van der Waals surface area contributed by atoms with Crippen molar-refractivity contribution in [3.8, 4) is 11.1 Å². The van der Waals surface area contributed by atoms with Gasteiger partial charge in [0.05, 0.1) is 18.9 Å². The molecular weight excluding hydrogens is 511 g/mol. The fraction of sp³-hybridized carbons (Fsp3) is 0.143. The molecule has 0 unspecified atom stereocenters. The van der Waals surface area contributed by atoms with E-state index in [0.717, 1.165) is 16.7 Å². The van der Waals surface area contributed by atoms with Crippen LogP contribution in [0.4, 0.5) is 18.9 Å². The van der Waals surface area contributed by atoms with Gasteiger partial charge in [-0.2, -0.15) is 13.2 Å². The summed E-state index contributed by atoms with van der Waals surface area (Å²) in [6.07, 6.45) is -3.28. The Labute approximate surface area is 202 Å². The first-order valence-electron chi connectivity index (χ1n) is 9.23. The second-order valence-corrected chi connectivity index (χ2v) is 10.8. The van der Waals surface area contributed by atoms with Gasteiger partial charge in [0, 0.05) is 11.3 Å². The fourth-order valence-corrected chi connectivity index (χ4v) is 6.63. The third kappa shape index (κ3) is 6.10. The number of carboxylic acid groups (broad SMARTS) is 1. The Bertz CT molecular complexity index is 1340. The number of benzene rings is 2. The molecule has 34 heavy (non-hydrogen) atoms. The number of nitrogens with two attached hydrogens (primary N) is 2. The zero-order valence-corrected chi connectivity index (χ0v) is 20.3. The molecule has 0 spiro atoms. The number of hydrogen-bond donors (Lipinski definition) is 4. The number of sulfone groups is 1. The maximum atomic E-state index is 13.3. The molecule has 0 amide bonds. The Kier molecular flexibility index (Phi) is 8.40. The quantitative estimate of drug-likeness (QED) is 0.160. The van der Waals surface area contributed by atoms with E-state index in [-0.39, 0.29) is 15.6 Å². The van der Waals surface area contributed by atoms with E-state index in [1.165, 1.54) is 29.2 Å². The van der Waals surface area contributed by atoms with E-state index in [2.05, 4.69) is 0 Å². The molecule has 1 aromatic heterocycles. The average Bonchev–Trinajstić information content (AvgIpc) is 3.20. The Morgan fingerprint density at radius 3 is 2.21 bits per heavy atom. The molecule has 0 saturated heterocycles. The van der Waals surface area contributed by atoms with Crippen LogP contribution in [0.2, 0.25) is 0 Å². The van der Waals surface area contributed by atoms with E-state index in [0.29, 0.717) is 14.8 Å². The van der Waals surface area contributed by atoms with Crippen LogP contribution in [-0.4, -0.2) is 37.8 Å². The van der Waals surface area contributed by atoms with Crippen LogP contribution in [0.3, 0.4) is 0 Å². The second kappa shape index (κ2) is 10.5. The monoisotopic (exact) mass is 531 g/mol. The number of rotatable bonds is 5. The lowest BCUT2D eigenvalue weighted by molar-refractivity contribution is -0.192. The van der Waals surface area contributed by atoms with Crippen LogP contribution in [0.25, 0.3) is 11.1 Å². The number of nitrogen functional groups attached to an aromatic ring is 2. The summed E-state index contributed by atoms with van der Waals surface area (Å²) in [4.78, 5) is 9.71. The topological polar surface area (TPSA) is 147 Å². The van der Waals surface area contributed by atoms with Gasteiger partial charge in [0.25, 0.3) is 0 Å². The van der Waals surface area contributed by atoms with Crippen LogP contribution < -0.4 is 11.5 Å². The number of anilines is 1. The van der Waals surface area contributed by atoms with E-state index in [9.17, 15) is 21.6 Å². The van der Waals surface area contributed by atoms with Gasteiger partial charge in [-0.05, 0) is 48.6 Å². The highest BCUT2D eigenvalue weighted by Crippen LogP contribution is 2.38. The maximum absolute atomic E-state index is 13.3. The predicted molar refractivity (Wildman–Crippen MR) is 127 cm³/mol. The van der Waals surface area contributed by atoms with Crippen molar-refractivity contribution in [1.82, 2.24) is 0 Å². The van der Waals surface area contributed by atoms with Crippen LogP contribution in [0.15, 0.2) is 62.5 Å². The molecule has 0 aliphatic rings. The van der Waals surface area contributed by atoms with Gasteiger partial charge in [0.1, 0.15) is 5.84 Å². The van der Waals surface area contributed by atoms with Crippen LogP contribution in [0, 0.1) is 12.3 Å². The van der Waals surface area contributed by atoms with Gasteiger partial charge in [-0.15, -0.1) is 23.1 Å². The molecule has 1 heterocycles. The minimum atomic E-state index is -5.08. The van der Waals surface area contributed by atoms with Gasteiger partial charge in [-0.3, -0.25) is 5.41 Å². The Hall–Kier alpha value is -3.03. The van der Waals surface area contributed by atoms with Crippen molar-refractivity contribution in [2.45, 2.75) is 27.1 Å². The zero-order valence-electron chi connectivity index (χ0n) is 17.8. The number of halogens is 3.